The maximum atomic E-state index is 10.6. The van der Waals surface area contributed by atoms with Crippen LogP contribution in [0.3, 0.4) is 0 Å². The maximum absolute atomic E-state index is 10.6. The van der Waals surface area contributed by atoms with E-state index in [2.05, 4.69) is 23.9 Å². The lowest BCUT2D eigenvalue weighted by Crippen LogP contribution is -2.38. The second-order valence-corrected chi connectivity index (χ2v) is 4.62. The molecule has 0 radical (unpaired) electrons. The summed E-state index contributed by atoms with van der Waals surface area (Å²) in [6, 6.07) is 2.54. The molecule has 0 aromatic carbocycles. The van der Waals surface area contributed by atoms with Crippen molar-refractivity contribution >= 4 is 6.29 Å². The number of likely N-dealkylation sites (tertiary alicyclic amines) is 1. The second kappa shape index (κ2) is 4.78. The van der Waals surface area contributed by atoms with Gasteiger partial charge in [0, 0.05) is 12.1 Å². The van der Waals surface area contributed by atoms with Crippen molar-refractivity contribution in [2.75, 3.05) is 6.54 Å². The van der Waals surface area contributed by atoms with Gasteiger partial charge in [-0.2, -0.15) is 0 Å². The van der Waals surface area contributed by atoms with Crippen LogP contribution in [0.4, 0.5) is 0 Å². The third kappa shape index (κ3) is 2.16. The quantitative estimate of drug-likeness (QED) is 0.737. The summed E-state index contributed by atoms with van der Waals surface area (Å²) in [5, 5.41) is 3.73. The number of hydrogen-bond acceptors (Lipinski definition) is 4. The number of aldehydes is 1. The van der Waals surface area contributed by atoms with E-state index < -0.39 is 0 Å². The third-order valence-corrected chi connectivity index (χ3v) is 3.20. The van der Waals surface area contributed by atoms with E-state index in [4.69, 9.17) is 4.52 Å². The molecule has 1 atom stereocenters. The zero-order valence-corrected chi connectivity index (χ0v) is 9.85. The number of carbonyl (C=O) groups is 1. The fourth-order valence-corrected chi connectivity index (χ4v) is 2.39. The number of aromatic nitrogens is 1. The van der Waals surface area contributed by atoms with Gasteiger partial charge in [0.2, 0.25) is 0 Å². The lowest BCUT2D eigenvalue weighted by Gasteiger charge is -2.37. The van der Waals surface area contributed by atoms with E-state index in [0.29, 0.717) is 11.7 Å². The van der Waals surface area contributed by atoms with E-state index in [-0.39, 0.29) is 6.04 Å². The molecule has 4 nitrogen and oxygen atoms in total. The molecular formula is C12H18N2O2. The Balaban J connectivity index is 2.19. The first-order valence-electron chi connectivity index (χ1n) is 5.90. The topological polar surface area (TPSA) is 46.3 Å². The predicted octanol–water partition coefficient (Wildman–Crippen LogP) is 2.42. The first kappa shape index (κ1) is 11.3. The van der Waals surface area contributed by atoms with Crippen molar-refractivity contribution < 1.29 is 9.32 Å². The maximum Gasteiger partial charge on any atom is 0.171 e. The highest BCUT2D eigenvalue weighted by molar-refractivity contribution is 5.71. The molecule has 0 aliphatic carbocycles. The lowest BCUT2D eigenvalue weighted by atomic mass is 9.98. The summed E-state index contributed by atoms with van der Waals surface area (Å²) in [5.74, 6) is 0.829. The van der Waals surface area contributed by atoms with Gasteiger partial charge in [-0.3, -0.25) is 9.69 Å². The van der Waals surface area contributed by atoms with Crippen molar-refractivity contribution in [1.82, 2.24) is 10.1 Å². The molecule has 0 spiro atoms. The molecule has 0 saturated carbocycles. The fourth-order valence-electron chi connectivity index (χ4n) is 2.39. The largest absolute Gasteiger partial charge is 0.359 e. The SMILES string of the molecule is CC(C)N1CCCCC1c1cc(C=O)no1. The van der Waals surface area contributed by atoms with E-state index in [1.807, 2.05) is 0 Å². The molecule has 1 unspecified atom stereocenters. The zero-order chi connectivity index (χ0) is 11.5. The Morgan fingerprint density at radius 3 is 3.00 bits per heavy atom. The average molecular weight is 222 g/mol. The fraction of sp³-hybridized carbons (Fsp3) is 0.667. The van der Waals surface area contributed by atoms with Crippen LogP contribution in [-0.2, 0) is 0 Å². The minimum atomic E-state index is 0.287. The Labute approximate surface area is 95.6 Å². The van der Waals surface area contributed by atoms with Crippen LogP contribution in [0.15, 0.2) is 10.6 Å². The van der Waals surface area contributed by atoms with Crippen LogP contribution in [0.2, 0.25) is 0 Å². The van der Waals surface area contributed by atoms with Crippen LogP contribution in [0.1, 0.15) is 55.4 Å². The van der Waals surface area contributed by atoms with Crippen molar-refractivity contribution in [3.63, 3.8) is 0 Å². The van der Waals surface area contributed by atoms with Gasteiger partial charge < -0.3 is 4.52 Å². The molecule has 1 saturated heterocycles. The van der Waals surface area contributed by atoms with E-state index in [1.54, 1.807) is 6.07 Å². The summed E-state index contributed by atoms with van der Waals surface area (Å²) in [6.07, 6.45) is 4.27. The first-order chi connectivity index (χ1) is 7.72. The van der Waals surface area contributed by atoms with E-state index >= 15 is 0 Å². The van der Waals surface area contributed by atoms with Crippen LogP contribution in [-0.4, -0.2) is 28.9 Å². The van der Waals surface area contributed by atoms with Gasteiger partial charge >= 0.3 is 0 Å². The van der Waals surface area contributed by atoms with Gasteiger partial charge in [0.1, 0.15) is 5.69 Å². The van der Waals surface area contributed by atoms with Gasteiger partial charge in [-0.25, -0.2) is 0 Å². The van der Waals surface area contributed by atoms with Gasteiger partial charge in [-0.05, 0) is 33.2 Å². The third-order valence-electron chi connectivity index (χ3n) is 3.20. The van der Waals surface area contributed by atoms with E-state index in [9.17, 15) is 4.79 Å². The molecular weight excluding hydrogens is 204 g/mol. The highest BCUT2D eigenvalue weighted by Gasteiger charge is 2.28. The zero-order valence-electron chi connectivity index (χ0n) is 9.85. The molecule has 1 aliphatic heterocycles. The summed E-state index contributed by atoms with van der Waals surface area (Å²) < 4.78 is 5.25. The molecule has 2 rings (SSSR count). The number of piperidine rings is 1. The van der Waals surface area contributed by atoms with Gasteiger partial charge in [0.25, 0.3) is 0 Å². The monoisotopic (exact) mass is 222 g/mol. The first-order valence-corrected chi connectivity index (χ1v) is 5.90. The molecule has 4 heteroatoms. The minimum Gasteiger partial charge on any atom is -0.359 e. The lowest BCUT2D eigenvalue weighted by molar-refractivity contribution is 0.0910. The summed E-state index contributed by atoms with van der Waals surface area (Å²) in [5.41, 5.74) is 0.393. The number of carbonyl (C=O) groups excluding carboxylic acids is 1. The summed E-state index contributed by atoms with van der Waals surface area (Å²) >= 11 is 0. The summed E-state index contributed by atoms with van der Waals surface area (Å²) in [6.45, 7) is 5.48. The van der Waals surface area contributed by atoms with Crippen LogP contribution in [0.25, 0.3) is 0 Å². The van der Waals surface area contributed by atoms with Crippen LogP contribution in [0, 0.1) is 0 Å². The van der Waals surface area contributed by atoms with Crippen molar-refractivity contribution in [1.29, 1.82) is 0 Å². The number of hydrogen-bond donors (Lipinski definition) is 0. The van der Waals surface area contributed by atoms with Gasteiger partial charge in [0.15, 0.2) is 12.0 Å². The Bertz CT molecular complexity index is 360. The van der Waals surface area contributed by atoms with Crippen molar-refractivity contribution in [2.45, 2.75) is 45.2 Å². The Hall–Kier alpha value is -1.16. The van der Waals surface area contributed by atoms with Crippen molar-refractivity contribution in [3.05, 3.63) is 17.5 Å². The highest BCUT2D eigenvalue weighted by Crippen LogP contribution is 2.32. The van der Waals surface area contributed by atoms with Gasteiger partial charge in [0.05, 0.1) is 6.04 Å². The summed E-state index contributed by atoms with van der Waals surface area (Å²) in [7, 11) is 0. The van der Waals surface area contributed by atoms with E-state index in [0.717, 1.165) is 25.0 Å². The molecule has 88 valence electrons. The molecule has 2 heterocycles. The average Bonchev–Trinajstić information content (AvgIpc) is 2.77. The minimum absolute atomic E-state index is 0.287. The molecule has 0 bridgehead atoms. The smallest absolute Gasteiger partial charge is 0.171 e. The molecule has 1 aromatic heterocycles. The van der Waals surface area contributed by atoms with Gasteiger partial charge in [-0.1, -0.05) is 11.6 Å². The summed E-state index contributed by atoms with van der Waals surface area (Å²) in [4.78, 5) is 13.0. The van der Waals surface area contributed by atoms with Crippen LogP contribution < -0.4 is 0 Å². The molecule has 0 amide bonds. The Morgan fingerprint density at radius 1 is 1.56 bits per heavy atom. The number of rotatable bonds is 3. The normalized spacial score (nSPS) is 22.6. The standard InChI is InChI=1S/C12H18N2O2/c1-9(2)14-6-4-3-5-11(14)12-7-10(8-15)13-16-12/h7-9,11H,3-6H2,1-2H3. The second-order valence-electron chi connectivity index (χ2n) is 4.62. The Kier molecular flexibility index (Phi) is 3.39. The van der Waals surface area contributed by atoms with Crippen LogP contribution in [0.5, 0.6) is 0 Å². The van der Waals surface area contributed by atoms with E-state index in [1.165, 1.54) is 12.8 Å². The molecule has 0 N–H and O–H groups in total. The van der Waals surface area contributed by atoms with Crippen molar-refractivity contribution in [2.24, 2.45) is 0 Å². The molecule has 16 heavy (non-hydrogen) atoms. The predicted molar refractivity (Wildman–Crippen MR) is 60.3 cm³/mol. The number of nitrogens with zero attached hydrogens (tertiary/aromatic N) is 2. The highest BCUT2D eigenvalue weighted by atomic mass is 16.5. The molecule has 1 aromatic rings. The van der Waals surface area contributed by atoms with Crippen molar-refractivity contribution in [3.8, 4) is 0 Å². The van der Waals surface area contributed by atoms with Crippen LogP contribution >= 0.6 is 0 Å². The molecule has 1 fully saturated rings. The molecule has 1 aliphatic rings. The Morgan fingerprint density at radius 2 is 2.38 bits per heavy atom. The van der Waals surface area contributed by atoms with Gasteiger partial charge in [-0.15, -0.1) is 0 Å².